The van der Waals surface area contributed by atoms with Crippen LogP contribution in [0.3, 0.4) is 0 Å². The van der Waals surface area contributed by atoms with Gasteiger partial charge in [-0.05, 0) is 25.0 Å². The Kier molecular flexibility index (Phi) is 3.87. The molecular formula is C15H17N3O3. The summed E-state index contributed by atoms with van der Waals surface area (Å²) in [5.41, 5.74) is 7.00. The maximum atomic E-state index is 8.92. The van der Waals surface area contributed by atoms with Crippen LogP contribution in [0, 0.1) is 0 Å². The average Bonchev–Trinajstić information content (AvgIpc) is 3.05. The summed E-state index contributed by atoms with van der Waals surface area (Å²) in [5, 5.41) is 12.8. The highest BCUT2D eigenvalue weighted by molar-refractivity contribution is 6.04. The lowest BCUT2D eigenvalue weighted by Crippen LogP contribution is -2.20. The third-order valence-electron chi connectivity index (χ3n) is 3.55. The van der Waals surface area contributed by atoms with E-state index < -0.39 is 0 Å². The molecule has 1 aliphatic heterocycles. The number of nitrogens with two attached hydrogens (primary N) is 1. The van der Waals surface area contributed by atoms with Crippen LogP contribution in [-0.2, 0) is 4.74 Å². The van der Waals surface area contributed by atoms with E-state index in [0.29, 0.717) is 17.9 Å². The molecule has 3 N–H and O–H groups in total. The van der Waals surface area contributed by atoms with E-state index in [2.05, 4.69) is 10.1 Å². The van der Waals surface area contributed by atoms with Gasteiger partial charge in [-0.15, -0.1) is 0 Å². The summed E-state index contributed by atoms with van der Waals surface area (Å²) in [5.74, 6) is 0.557. The Morgan fingerprint density at radius 1 is 1.48 bits per heavy atom. The Hall–Kier alpha value is -2.34. The Morgan fingerprint density at radius 3 is 3.10 bits per heavy atom. The van der Waals surface area contributed by atoms with Crippen molar-refractivity contribution in [3.8, 4) is 5.75 Å². The van der Waals surface area contributed by atoms with E-state index in [1.165, 1.54) is 0 Å². The lowest BCUT2D eigenvalue weighted by atomic mass is 10.1. The standard InChI is InChI=1S/C15H17N3O3/c16-15(18-19)12-8-17-13-6-2-1-5-11(13)14(12)21-9-10-4-3-7-20-10/h1-2,5-6,8,10,19H,3-4,7,9H2,(H2,16,18). The molecule has 0 bridgehead atoms. The maximum absolute atomic E-state index is 8.92. The number of aromatic nitrogens is 1. The van der Waals surface area contributed by atoms with Gasteiger partial charge >= 0.3 is 0 Å². The van der Waals surface area contributed by atoms with E-state index in [1.54, 1.807) is 6.20 Å². The highest BCUT2D eigenvalue weighted by Crippen LogP contribution is 2.29. The largest absolute Gasteiger partial charge is 0.489 e. The van der Waals surface area contributed by atoms with Crippen molar-refractivity contribution in [2.45, 2.75) is 18.9 Å². The predicted octanol–water partition coefficient (Wildman–Crippen LogP) is 1.89. The van der Waals surface area contributed by atoms with Crippen molar-refractivity contribution in [3.05, 3.63) is 36.0 Å². The van der Waals surface area contributed by atoms with Crippen molar-refractivity contribution in [1.29, 1.82) is 0 Å². The molecule has 0 amide bonds. The van der Waals surface area contributed by atoms with E-state index >= 15 is 0 Å². The fourth-order valence-electron chi connectivity index (χ4n) is 2.46. The number of ether oxygens (including phenoxy) is 2. The molecule has 1 aliphatic rings. The molecule has 110 valence electrons. The quantitative estimate of drug-likeness (QED) is 0.388. The first-order valence-electron chi connectivity index (χ1n) is 6.89. The summed E-state index contributed by atoms with van der Waals surface area (Å²) < 4.78 is 11.5. The van der Waals surface area contributed by atoms with Crippen molar-refractivity contribution >= 4 is 16.7 Å². The molecule has 2 heterocycles. The van der Waals surface area contributed by atoms with Gasteiger partial charge in [-0.2, -0.15) is 0 Å². The molecule has 1 saturated heterocycles. The summed E-state index contributed by atoms with van der Waals surface area (Å²) in [6.07, 6.45) is 3.69. The van der Waals surface area contributed by atoms with E-state index in [-0.39, 0.29) is 11.9 Å². The minimum atomic E-state index is -0.0180. The molecule has 1 aromatic heterocycles. The number of hydrogen-bond donors (Lipinski definition) is 2. The zero-order valence-electron chi connectivity index (χ0n) is 11.5. The van der Waals surface area contributed by atoms with Gasteiger partial charge in [0, 0.05) is 18.2 Å². The molecule has 1 fully saturated rings. The van der Waals surface area contributed by atoms with Crippen LogP contribution in [0.1, 0.15) is 18.4 Å². The fraction of sp³-hybridized carbons (Fsp3) is 0.333. The number of hydrogen-bond acceptors (Lipinski definition) is 5. The van der Waals surface area contributed by atoms with Crippen LogP contribution >= 0.6 is 0 Å². The third kappa shape index (κ3) is 2.75. The van der Waals surface area contributed by atoms with Crippen LogP contribution in [-0.4, -0.2) is 35.3 Å². The van der Waals surface area contributed by atoms with Gasteiger partial charge in [-0.3, -0.25) is 4.98 Å². The maximum Gasteiger partial charge on any atom is 0.175 e. The van der Waals surface area contributed by atoms with Gasteiger partial charge in [-0.1, -0.05) is 17.3 Å². The van der Waals surface area contributed by atoms with Crippen LogP contribution < -0.4 is 10.5 Å². The molecule has 21 heavy (non-hydrogen) atoms. The number of benzene rings is 1. The second-order valence-electron chi connectivity index (χ2n) is 4.95. The molecule has 0 aliphatic carbocycles. The lowest BCUT2D eigenvalue weighted by molar-refractivity contribution is 0.0684. The van der Waals surface area contributed by atoms with Crippen LogP contribution in [0.25, 0.3) is 10.9 Å². The van der Waals surface area contributed by atoms with Gasteiger partial charge in [0.15, 0.2) is 5.84 Å². The summed E-state index contributed by atoms with van der Waals surface area (Å²) in [6, 6.07) is 7.60. The molecular weight excluding hydrogens is 270 g/mol. The molecule has 2 aromatic rings. The Bertz CT molecular complexity index is 666. The van der Waals surface area contributed by atoms with Crippen LogP contribution in [0.4, 0.5) is 0 Å². The molecule has 0 spiro atoms. The smallest absolute Gasteiger partial charge is 0.175 e. The molecule has 1 unspecified atom stereocenters. The normalized spacial score (nSPS) is 19.0. The molecule has 0 saturated carbocycles. The molecule has 6 nitrogen and oxygen atoms in total. The first-order chi connectivity index (χ1) is 10.3. The first-order valence-corrected chi connectivity index (χ1v) is 6.89. The molecule has 0 radical (unpaired) electrons. The van der Waals surface area contributed by atoms with Crippen molar-refractivity contribution in [1.82, 2.24) is 4.98 Å². The Morgan fingerprint density at radius 2 is 2.33 bits per heavy atom. The van der Waals surface area contributed by atoms with E-state index in [0.717, 1.165) is 30.4 Å². The van der Waals surface area contributed by atoms with Crippen molar-refractivity contribution in [2.75, 3.05) is 13.2 Å². The zero-order valence-corrected chi connectivity index (χ0v) is 11.5. The predicted molar refractivity (Wildman–Crippen MR) is 78.7 cm³/mol. The van der Waals surface area contributed by atoms with E-state index in [4.69, 9.17) is 20.4 Å². The number of oxime groups is 1. The summed E-state index contributed by atoms with van der Waals surface area (Å²) >= 11 is 0. The Labute approximate surface area is 122 Å². The van der Waals surface area contributed by atoms with Gasteiger partial charge in [0.2, 0.25) is 0 Å². The second-order valence-corrected chi connectivity index (χ2v) is 4.95. The van der Waals surface area contributed by atoms with E-state index in [9.17, 15) is 0 Å². The summed E-state index contributed by atoms with van der Waals surface area (Å²) in [7, 11) is 0. The molecule has 1 atom stereocenters. The summed E-state index contributed by atoms with van der Waals surface area (Å²) in [6.45, 7) is 1.22. The monoisotopic (exact) mass is 287 g/mol. The van der Waals surface area contributed by atoms with Crippen molar-refractivity contribution in [3.63, 3.8) is 0 Å². The van der Waals surface area contributed by atoms with Gasteiger partial charge in [0.05, 0.1) is 17.2 Å². The minimum Gasteiger partial charge on any atom is -0.489 e. The molecule has 1 aromatic carbocycles. The minimum absolute atomic E-state index is 0.0180. The highest BCUT2D eigenvalue weighted by atomic mass is 16.5. The van der Waals surface area contributed by atoms with Gasteiger partial charge in [-0.25, -0.2) is 0 Å². The highest BCUT2D eigenvalue weighted by Gasteiger charge is 2.19. The topological polar surface area (TPSA) is 90.0 Å². The van der Waals surface area contributed by atoms with Crippen LogP contribution in [0.5, 0.6) is 5.75 Å². The fourth-order valence-corrected chi connectivity index (χ4v) is 2.46. The zero-order chi connectivity index (χ0) is 14.7. The van der Waals surface area contributed by atoms with Gasteiger partial charge < -0.3 is 20.4 Å². The Balaban J connectivity index is 1.98. The van der Waals surface area contributed by atoms with Gasteiger partial charge in [0.1, 0.15) is 12.4 Å². The van der Waals surface area contributed by atoms with E-state index in [1.807, 2.05) is 24.3 Å². The second kappa shape index (κ2) is 5.97. The number of pyridine rings is 1. The lowest BCUT2D eigenvalue weighted by Gasteiger charge is -2.16. The van der Waals surface area contributed by atoms with Gasteiger partial charge in [0.25, 0.3) is 0 Å². The molecule has 6 heteroatoms. The first kappa shape index (κ1) is 13.6. The van der Waals surface area contributed by atoms with Crippen LogP contribution in [0.2, 0.25) is 0 Å². The number of nitrogens with zero attached hydrogens (tertiary/aromatic N) is 2. The number of para-hydroxylation sites is 1. The number of rotatable bonds is 4. The average molecular weight is 287 g/mol. The summed E-state index contributed by atoms with van der Waals surface area (Å²) in [4.78, 5) is 4.31. The van der Waals surface area contributed by atoms with Crippen LogP contribution in [0.15, 0.2) is 35.6 Å². The third-order valence-corrected chi connectivity index (χ3v) is 3.55. The number of amidine groups is 1. The van der Waals surface area contributed by atoms with Crippen molar-refractivity contribution in [2.24, 2.45) is 10.9 Å². The van der Waals surface area contributed by atoms with Crippen molar-refractivity contribution < 1.29 is 14.7 Å². The SMILES string of the molecule is N/C(=N\O)c1cnc2ccccc2c1OCC1CCCO1. The number of fused-ring (bicyclic) bond motifs is 1. The molecule has 3 rings (SSSR count).